The topological polar surface area (TPSA) is 53.4 Å². The molecule has 0 aliphatic carbocycles. The monoisotopic (exact) mass is 417 g/mol. The van der Waals surface area contributed by atoms with Crippen molar-refractivity contribution in [3.05, 3.63) is 77.1 Å². The van der Waals surface area contributed by atoms with Gasteiger partial charge in [-0.2, -0.15) is 5.10 Å². The second-order valence-corrected chi connectivity index (χ2v) is 8.38. The number of nitrogens with zero attached hydrogens (tertiary/aromatic N) is 4. The highest BCUT2D eigenvalue weighted by molar-refractivity contribution is 5.93. The second-order valence-electron chi connectivity index (χ2n) is 8.38. The summed E-state index contributed by atoms with van der Waals surface area (Å²) in [5.74, 6) is 0.0194. The molecule has 1 aliphatic heterocycles. The summed E-state index contributed by atoms with van der Waals surface area (Å²) in [7, 11) is 0. The molecule has 6 heteroatoms. The van der Waals surface area contributed by atoms with Gasteiger partial charge in [-0.3, -0.25) is 14.6 Å². The molecule has 0 spiro atoms. The van der Waals surface area contributed by atoms with E-state index in [1.54, 1.807) is 0 Å². The predicted octanol–water partition coefficient (Wildman–Crippen LogP) is 3.55. The van der Waals surface area contributed by atoms with Gasteiger partial charge in [0.1, 0.15) is 0 Å². The molecule has 4 rings (SSSR count). The summed E-state index contributed by atoms with van der Waals surface area (Å²) in [5, 5.41) is 7.71. The van der Waals surface area contributed by atoms with Gasteiger partial charge in [0.15, 0.2) is 0 Å². The van der Waals surface area contributed by atoms with Gasteiger partial charge in [0.05, 0.1) is 29.3 Å². The highest BCUT2D eigenvalue weighted by Gasteiger charge is 2.21. The number of rotatable bonds is 6. The Hall–Kier alpha value is -2.96. The third kappa shape index (κ3) is 5.21. The predicted molar refractivity (Wildman–Crippen MR) is 125 cm³/mol. The number of hydrogen-bond acceptors (Lipinski definition) is 4. The molecule has 1 amide bonds. The van der Waals surface area contributed by atoms with Crippen LogP contribution in [0.25, 0.3) is 5.69 Å². The van der Waals surface area contributed by atoms with Gasteiger partial charge in [0.2, 0.25) is 5.91 Å². The van der Waals surface area contributed by atoms with Crippen LogP contribution in [0.3, 0.4) is 0 Å². The zero-order chi connectivity index (χ0) is 21.8. The molecule has 0 bridgehead atoms. The molecule has 3 aromatic rings. The molecule has 1 aliphatic rings. The first-order valence-electron chi connectivity index (χ1n) is 10.9. The van der Waals surface area contributed by atoms with Crippen molar-refractivity contribution >= 4 is 11.6 Å². The van der Waals surface area contributed by atoms with Gasteiger partial charge < -0.3 is 5.32 Å². The van der Waals surface area contributed by atoms with Crippen molar-refractivity contribution in [3.8, 4) is 5.69 Å². The van der Waals surface area contributed by atoms with Gasteiger partial charge in [0.25, 0.3) is 0 Å². The Kier molecular flexibility index (Phi) is 6.49. The molecule has 0 radical (unpaired) electrons. The summed E-state index contributed by atoms with van der Waals surface area (Å²) in [6, 6.07) is 18.7. The molecule has 1 saturated heterocycles. The number of carbonyl (C=O) groups excluding carboxylic acids is 1. The molecular weight excluding hydrogens is 386 g/mol. The van der Waals surface area contributed by atoms with Crippen molar-refractivity contribution in [1.82, 2.24) is 19.6 Å². The standard InChI is InChI=1S/C25H31N5O/c1-19-8-7-9-22(16-19)17-28-12-14-29(15-13-28)18-24(31)26-25-20(2)27-30(21(25)3)23-10-5-4-6-11-23/h4-11,16H,12-15,17-18H2,1-3H3,(H,26,31). The average Bonchev–Trinajstić information content (AvgIpc) is 3.04. The van der Waals surface area contributed by atoms with Crippen LogP contribution in [0.5, 0.6) is 0 Å². The van der Waals surface area contributed by atoms with Crippen LogP contribution in [0.15, 0.2) is 54.6 Å². The van der Waals surface area contributed by atoms with Crippen molar-refractivity contribution in [2.75, 3.05) is 38.0 Å². The minimum absolute atomic E-state index is 0.0194. The average molecular weight is 418 g/mol. The van der Waals surface area contributed by atoms with Gasteiger partial charge in [-0.25, -0.2) is 4.68 Å². The lowest BCUT2D eigenvalue weighted by molar-refractivity contribution is -0.117. The minimum atomic E-state index is 0.0194. The number of aryl methyl sites for hydroxylation is 2. The molecule has 31 heavy (non-hydrogen) atoms. The summed E-state index contributed by atoms with van der Waals surface area (Å²) in [6.07, 6.45) is 0. The Labute approximate surface area is 184 Å². The number of carbonyl (C=O) groups is 1. The number of nitrogens with one attached hydrogen (secondary N) is 1. The smallest absolute Gasteiger partial charge is 0.238 e. The number of aromatic nitrogens is 2. The lowest BCUT2D eigenvalue weighted by Gasteiger charge is -2.34. The lowest BCUT2D eigenvalue weighted by Crippen LogP contribution is -2.48. The van der Waals surface area contributed by atoms with E-state index in [0.29, 0.717) is 6.54 Å². The van der Waals surface area contributed by atoms with Gasteiger partial charge in [-0.15, -0.1) is 0 Å². The molecule has 1 aromatic heterocycles. The van der Waals surface area contributed by atoms with E-state index in [1.807, 2.05) is 48.9 Å². The maximum Gasteiger partial charge on any atom is 0.238 e. The SMILES string of the molecule is Cc1cccc(CN2CCN(CC(=O)Nc3c(C)nn(-c4ccccc4)c3C)CC2)c1. The fourth-order valence-electron chi connectivity index (χ4n) is 4.20. The van der Waals surface area contributed by atoms with E-state index in [4.69, 9.17) is 0 Å². The second kappa shape index (κ2) is 9.45. The fourth-order valence-corrected chi connectivity index (χ4v) is 4.20. The van der Waals surface area contributed by atoms with Gasteiger partial charge >= 0.3 is 0 Å². The lowest BCUT2D eigenvalue weighted by atomic mass is 10.1. The van der Waals surface area contributed by atoms with Crippen LogP contribution in [-0.4, -0.2) is 58.2 Å². The van der Waals surface area contributed by atoms with Gasteiger partial charge in [0, 0.05) is 32.7 Å². The van der Waals surface area contributed by atoms with Crippen LogP contribution in [0.4, 0.5) is 5.69 Å². The summed E-state index contributed by atoms with van der Waals surface area (Å²) in [6.45, 7) is 11.2. The Morgan fingerprint density at radius 3 is 2.35 bits per heavy atom. The summed E-state index contributed by atoms with van der Waals surface area (Å²) < 4.78 is 1.88. The zero-order valence-electron chi connectivity index (χ0n) is 18.6. The van der Waals surface area contributed by atoms with Crippen LogP contribution in [0, 0.1) is 20.8 Å². The molecule has 1 fully saturated rings. The third-order valence-corrected chi connectivity index (χ3v) is 5.88. The Balaban J connectivity index is 1.31. The first-order chi connectivity index (χ1) is 15.0. The molecule has 0 atom stereocenters. The summed E-state index contributed by atoms with van der Waals surface area (Å²) in [4.78, 5) is 17.4. The molecule has 6 nitrogen and oxygen atoms in total. The third-order valence-electron chi connectivity index (χ3n) is 5.88. The van der Waals surface area contributed by atoms with E-state index in [-0.39, 0.29) is 5.91 Å². The van der Waals surface area contributed by atoms with E-state index in [0.717, 1.165) is 55.5 Å². The van der Waals surface area contributed by atoms with Crippen molar-refractivity contribution in [1.29, 1.82) is 0 Å². The number of anilines is 1. The maximum atomic E-state index is 12.7. The van der Waals surface area contributed by atoms with Crippen molar-refractivity contribution in [2.45, 2.75) is 27.3 Å². The number of hydrogen-bond donors (Lipinski definition) is 1. The molecule has 2 heterocycles. The minimum Gasteiger partial charge on any atom is -0.322 e. The van der Waals surface area contributed by atoms with E-state index in [9.17, 15) is 4.79 Å². The number of benzene rings is 2. The van der Waals surface area contributed by atoms with Crippen molar-refractivity contribution < 1.29 is 4.79 Å². The maximum absolute atomic E-state index is 12.7. The zero-order valence-corrected chi connectivity index (χ0v) is 18.6. The normalized spacial score (nSPS) is 15.2. The van der Waals surface area contributed by atoms with E-state index >= 15 is 0 Å². The number of amides is 1. The first kappa shape index (κ1) is 21.3. The summed E-state index contributed by atoms with van der Waals surface area (Å²) in [5.41, 5.74) is 6.24. The van der Waals surface area contributed by atoms with Crippen LogP contribution >= 0.6 is 0 Å². The molecule has 1 N–H and O–H groups in total. The van der Waals surface area contributed by atoms with E-state index in [2.05, 4.69) is 51.4 Å². The van der Waals surface area contributed by atoms with Crippen LogP contribution < -0.4 is 5.32 Å². The first-order valence-corrected chi connectivity index (χ1v) is 10.9. The Morgan fingerprint density at radius 1 is 0.935 bits per heavy atom. The Morgan fingerprint density at radius 2 is 1.65 bits per heavy atom. The van der Waals surface area contributed by atoms with E-state index in [1.165, 1.54) is 11.1 Å². The summed E-state index contributed by atoms with van der Waals surface area (Å²) >= 11 is 0. The van der Waals surface area contributed by atoms with Crippen molar-refractivity contribution in [2.24, 2.45) is 0 Å². The van der Waals surface area contributed by atoms with Crippen molar-refractivity contribution in [3.63, 3.8) is 0 Å². The molecule has 0 saturated carbocycles. The fraction of sp³-hybridized carbons (Fsp3) is 0.360. The largest absolute Gasteiger partial charge is 0.322 e. The molecule has 2 aromatic carbocycles. The quantitative estimate of drug-likeness (QED) is 0.666. The molecular formula is C25H31N5O. The Bertz CT molecular complexity index is 1040. The van der Waals surface area contributed by atoms with Crippen LogP contribution in [-0.2, 0) is 11.3 Å². The number of para-hydroxylation sites is 1. The van der Waals surface area contributed by atoms with Gasteiger partial charge in [-0.05, 0) is 38.5 Å². The van der Waals surface area contributed by atoms with Crippen LogP contribution in [0.1, 0.15) is 22.5 Å². The number of piperazine rings is 1. The molecule has 162 valence electrons. The molecule has 0 unspecified atom stereocenters. The van der Waals surface area contributed by atoms with Gasteiger partial charge in [-0.1, -0.05) is 48.0 Å². The highest BCUT2D eigenvalue weighted by Crippen LogP contribution is 2.22. The van der Waals surface area contributed by atoms with Crippen LogP contribution in [0.2, 0.25) is 0 Å². The highest BCUT2D eigenvalue weighted by atomic mass is 16.2. The van der Waals surface area contributed by atoms with E-state index < -0.39 is 0 Å².